The van der Waals surface area contributed by atoms with Crippen molar-refractivity contribution in [3.8, 4) is 0 Å². The molecule has 33 heavy (non-hydrogen) atoms. The summed E-state index contributed by atoms with van der Waals surface area (Å²) in [6, 6.07) is 9.58. The van der Waals surface area contributed by atoms with Gasteiger partial charge in [0.25, 0.3) is 0 Å². The van der Waals surface area contributed by atoms with E-state index in [0.29, 0.717) is 29.1 Å². The third kappa shape index (κ3) is 3.11. The van der Waals surface area contributed by atoms with E-state index in [0.717, 1.165) is 20.9 Å². The number of rotatable bonds is 3. The van der Waals surface area contributed by atoms with Crippen LogP contribution in [0, 0.1) is 0 Å². The summed E-state index contributed by atoms with van der Waals surface area (Å²) in [6.45, 7) is -0.0396. The molecule has 6 rings (SSSR count). The number of pyridine rings is 1. The first-order valence-electron chi connectivity index (χ1n) is 10.4. The van der Waals surface area contributed by atoms with Crippen LogP contribution in [0.1, 0.15) is 11.8 Å². The molecule has 1 aromatic carbocycles. The highest BCUT2D eigenvalue weighted by Crippen LogP contribution is 2.45. The number of nitrogens with two attached hydrogens (primary N) is 2. The maximum absolute atomic E-state index is 11.3. The molecule has 0 spiro atoms. The molecule has 5 heterocycles. The molecule has 0 aliphatic carbocycles. The number of halogens is 1. The summed E-state index contributed by atoms with van der Waals surface area (Å²) in [5.41, 5.74) is 12.6. The van der Waals surface area contributed by atoms with Crippen LogP contribution in [0.25, 0.3) is 21.9 Å². The molecule has 4 aromatic rings. The largest absolute Gasteiger partial charge is 0.385 e. The summed E-state index contributed by atoms with van der Waals surface area (Å²) in [7, 11) is 0. The van der Waals surface area contributed by atoms with Gasteiger partial charge in [-0.15, -0.1) is 0 Å². The Morgan fingerprint density at radius 2 is 2.03 bits per heavy atom. The van der Waals surface area contributed by atoms with Gasteiger partial charge < -0.3 is 35.7 Å². The predicted molar refractivity (Wildman–Crippen MR) is 124 cm³/mol. The number of nitrogens with zero attached hydrogens (tertiary/aromatic N) is 4. The number of hydrogen-bond donors (Lipinski definition) is 4. The molecule has 2 aliphatic rings. The number of fused-ring (bicyclic) bond motifs is 3. The lowest BCUT2D eigenvalue weighted by Gasteiger charge is -2.24. The van der Waals surface area contributed by atoms with Crippen molar-refractivity contribution in [2.45, 2.75) is 36.6 Å². The Hall–Kier alpha value is -2.83. The van der Waals surface area contributed by atoms with Crippen LogP contribution in [0.2, 0.25) is 0 Å². The lowest BCUT2D eigenvalue weighted by molar-refractivity contribution is -0.0891. The van der Waals surface area contributed by atoms with Crippen LogP contribution in [0.4, 0.5) is 11.6 Å². The number of aromatic nitrogens is 4. The lowest BCUT2D eigenvalue weighted by Crippen LogP contribution is -2.48. The van der Waals surface area contributed by atoms with Gasteiger partial charge in [0.15, 0.2) is 6.23 Å². The Balaban J connectivity index is 1.29. The summed E-state index contributed by atoms with van der Waals surface area (Å²) < 4.78 is 14.5. The van der Waals surface area contributed by atoms with E-state index < -0.39 is 30.1 Å². The molecule has 170 valence electrons. The fraction of sp³-hybridized carbons (Fsp3) is 0.318. The maximum atomic E-state index is 11.3. The van der Waals surface area contributed by atoms with Crippen molar-refractivity contribution >= 4 is 49.5 Å². The second-order valence-corrected chi connectivity index (χ2v) is 9.39. The highest BCUT2D eigenvalue weighted by Gasteiger charge is 2.62. The Labute approximate surface area is 196 Å². The standard InChI is InChI=1S/C22H21BrN6O4/c23-13-7-11-2-1-10(5-14(11)28-19(13)25)6-15-17-22(31,8-32-15)16(30)21(33-17)29-4-3-12-18(24)26-9-27-20(12)29/h1-5,7,9,15-17,21,30-31H,6,8H2,(H2,25,28)(H2,24,26,27)/t15-,16?,17+,21+,22-/m0/s1. The number of aliphatic hydroxyl groups excluding tert-OH is 1. The SMILES string of the molecule is Nc1nc2cc(C[C@@H]3OC[C@]4(O)C(O)[C@H](n5ccc6c(N)ncnc65)O[C@H]34)ccc2cc1Br. The number of benzene rings is 1. The average molecular weight is 513 g/mol. The van der Waals surface area contributed by atoms with Gasteiger partial charge in [0, 0.05) is 18.0 Å². The Morgan fingerprint density at radius 1 is 1.18 bits per heavy atom. The molecule has 10 nitrogen and oxygen atoms in total. The van der Waals surface area contributed by atoms with Crippen molar-refractivity contribution in [2.24, 2.45) is 0 Å². The van der Waals surface area contributed by atoms with E-state index in [-0.39, 0.29) is 6.61 Å². The van der Waals surface area contributed by atoms with Gasteiger partial charge >= 0.3 is 0 Å². The molecule has 5 atom stereocenters. The summed E-state index contributed by atoms with van der Waals surface area (Å²) in [5.74, 6) is 0.753. The van der Waals surface area contributed by atoms with Gasteiger partial charge in [-0.25, -0.2) is 15.0 Å². The first-order chi connectivity index (χ1) is 15.8. The number of anilines is 2. The van der Waals surface area contributed by atoms with Crippen molar-refractivity contribution in [1.29, 1.82) is 0 Å². The molecule has 0 bridgehead atoms. The van der Waals surface area contributed by atoms with Gasteiger partial charge in [-0.05, 0) is 39.7 Å². The zero-order valence-electron chi connectivity index (χ0n) is 17.3. The van der Waals surface area contributed by atoms with Gasteiger partial charge in [-0.1, -0.05) is 12.1 Å². The van der Waals surface area contributed by atoms with Gasteiger partial charge in [0.1, 0.15) is 41.4 Å². The zero-order chi connectivity index (χ0) is 22.9. The number of aliphatic hydroxyl groups is 2. The molecule has 1 unspecified atom stereocenters. The number of nitrogen functional groups attached to an aromatic ring is 2. The third-order valence-corrected chi connectivity index (χ3v) is 7.18. The predicted octanol–water partition coefficient (Wildman–Crippen LogP) is 1.54. The minimum atomic E-state index is -1.55. The van der Waals surface area contributed by atoms with Gasteiger partial charge in [0.2, 0.25) is 0 Å². The molecule has 11 heteroatoms. The average Bonchev–Trinajstić information content (AvgIpc) is 3.42. The first-order valence-corrected chi connectivity index (χ1v) is 11.2. The summed E-state index contributed by atoms with van der Waals surface area (Å²) in [5, 5.41) is 23.9. The smallest absolute Gasteiger partial charge is 0.164 e. The van der Waals surface area contributed by atoms with Crippen LogP contribution in [0.3, 0.4) is 0 Å². The van der Waals surface area contributed by atoms with Crippen molar-refractivity contribution in [1.82, 2.24) is 19.5 Å². The first kappa shape index (κ1) is 20.8. The van der Waals surface area contributed by atoms with Crippen molar-refractivity contribution in [3.05, 3.63) is 52.9 Å². The van der Waals surface area contributed by atoms with Gasteiger partial charge in [-0.2, -0.15) is 0 Å². The fourth-order valence-corrected chi connectivity index (χ4v) is 5.14. The van der Waals surface area contributed by atoms with E-state index in [1.165, 1.54) is 6.33 Å². The topological polar surface area (TPSA) is 155 Å². The van der Waals surface area contributed by atoms with Crippen LogP contribution in [0.5, 0.6) is 0 Å². The minimum Gasteiger partial charge on any atom is -0.385 e. The Morgan fingerprint density at radius 3 is 2.88 bits per heavy atom. The number of ether oxygens (including phenoxy) is 2. The lowest BCUT2D eigenvalue weighted by atomic mass is 9.90. The fourth-order valence-electron chi connectivity index (χ4n) is 4.80. The monoisotopic (exact) mass is 512 g/mol. The maximum Gasteiger partial charge on any atom is 0.164 e. The highest BCUT2D eigenvalue weighted by molar-refractivity contribution is 9.10. The molecule has 0 saturated carbocycles. The minimum absolute atomic E-state index is 0.0396. The quantitative estimate of drug-likeness (QED) is 0.319. The summed E-state index contributed by atoms with van der Waals surface area (Å²) in [4.78, 5) is 12.7. The van der Waals surface area contributed by atoms with Crippen molar-refractivity contribution in [2.75, 3.05) is 18.1 Å². The third-order valence-electron chi connectivity index (χ3n) is 6.54. The van der Waals surface area contributed by atoms with E-state index in [9.17, 15) is 10.2 Å². The Kier molecular flexibility index (Phi) is 4.61. The van der Waals surface area contributed by atoms with E-state index >= 15 is 0 Å². The highest BCUT2D eigenvalue weighted by atomic mass is 79.9. The molecule has 3 aromatic heterocycles. The molecule has 0 amide bonds. The van der Waals surface area contributed by atoms with E-state index in [2.05, 4.69) is 30.9 Å². The van der Waals surface area contributed by atoms with Crippen LogP contribution in [-0.2, 0) is 15.9 Å². The second-order valence-electron chi connectivity index (χ2n) is 8.54. The molecule has 2 saturated heterocycles. The van der Waals surface area contributed by atoms with E-state index in [4.69, 9.17) is 20.9 Å². The molecular formula is C22H21BrN6O4. The van der Waals surface area contributed by atoms with Crippen molar-refractivity contribution < 1.29 is 19.7 Å². The van der Waals surface area contributed by atoms with Gasteiger partial charge in [-0.3, -0.25) is 0 Å². The molecule has 0 radical (unpaired) electrons. The number of hydrogen-bond acceptors (Lipinski definition) is 9. The Bertz CT molecular complexity index is 1400. The van der Waals surface area contributed by atoms with Gasteiger partial charge in [0.05, 0.1) is 28.1 Å². The molecule has 2 fully saturated rings. The zero-order valence-corrected chi connectivity index (χ0v) is 18.9. The summed E-state index contributed by atoms with van der Waals surface area (Å²) in [6.07, 6.45) is 0.316. The van der Waals surface area contributed by atoms with Crippen LogP contribution >= 0.6 is 15.9 Å². The van der Waals surface area contributed by atoms with E-state index in [1.807, 2.05) is 24.3 Å². The molecule has 6 N–H and O–H groups in total. The second kappa shape index (κ2) is 7.34. The normalized spacial score (nSPS) is 29.2. The molecular weight excluding hydrogens is 492 g/mol. The van der Waals surface area contributed by atoms with Crippen LogP contribution < -0.4 is 11.5 Å². The molecule has 2 aliphatic heterocycles. The van der Waals surface area contributed by atoms with Crippen molar-refractivity contribution in [3.63, 3.8) is 0 Å². The van der Waals surface area contributed by atoms with E-state index in [1.54, 1.807) is 16.8 Å². The summed E-state index contributed by atoms with van der Waals surface area (Å²) >= 11 is 3.40. The van der Waals surface area contributed by atoms with Crippen LogP contribution in [0.15, 0.2) is 47.3 Å². The van der Waals surface area contributed by atoms with Crippen LogP contribution in [-0.4, -0.2) is 60.3 Å².